The lowest BCUT2D eigenvalue weighted by Crippen LogP contribution is -2.12. The maximum absolute atomic E-state index is 13.4. The van der Waals surface area contributed by atoms with Gasteiger partial charge in [-0.2, -0.15) is 10.2 Å². The largest absolute Gasteiger partial charge is 0.305 e. The molecule has 37 heavy (non-hydrogen) atoms. The molecular formula is C28H20FN7O. The Morgan fingerprint density at radius 3 is 2.49 bits per heavy atom. The fourth-order valence-electron chi connectivity index (χ4n) is 4.16. The van der Waals surface area contributed by atoms with E-state index < -0.39 is 0 Å². The second kappa shape index (κ2) is 9.12. The first-order valence-corrected chi connectivity index (χ1v) is 11.5. The summed E-state index contributed by atoms with van der Waals surface area (Å²) in [6, 6.07) is 21.0. The van der Waals surface area contributed by atoms with Gasteiger partial charge in [-0.05, 0) is 71.8 Å². The lowest BCUT2D eigenvalue weighted by atomic mass is 10.0. The minimum atomic E-state index is -0.308. The van der Waals surface area contributed by atoms with Gasteiger partial charge in [-0.15, -0.1) is 0 Å². The molecule has 6 aromatic rings. The lowest BCUT2D eigenvalue weighted by Gasteiger charge is -2.05. The molecule has 180 valence electrons. The SMILES string of the molecule is Cn1cc(-c2ccc3nc(NC(=O)c4cccc(-c5ccncc5)c4)cn3n2)c(-c2ccc(F)cc2)n1. The number of nitrogens with zero attached hydrogens (tertiary/aromatic N) is 6. The highest BCUT2D eigenvalue weighted by molar-refractivity contribution is 6.04. The maximum atomic E-state index is 13.4. The molecule has 4 aromatic heterocycles. The molecule has 1 N–H and O–H groups in total. The van der Waals surface area contributed by atoms with E-state index in [1.807, 2.05) is 55.7 Å². The molecule has 0 unspecified atom stereocenters. The molecule has 0 saturated heterocycles. The monoisotopic (exact) mass is 489 g/mol. The number of anilines is 1. The summed E-state index contributed by atoms with van der Waals surface area (Å²) in [6.07, 6.45) is 6.96. The fourth-order valence-corrected chi connectivity index (χ4v) is 4.16. The summed E-state index contributed by atoms with van der Waals surface area (Å²) in [5.74, 6) is -0.197. The summed E-state index contributed by atoms with van der Waals surface area (Å²) in [5.41, 5.74) is 5.93. The second-order valence-electron chi connectivity index (χ2n) is 8.49. The lowest BCUT2D eigenvalue weighted by molar-refractivity contribution is 0.102. The van der Waals surface area contributed by atoms with Gasteiger partial charge in [-0.3, -0.25) is 14.5 Å². The van der Waals surface area contributed by atoms with Crippen LogP contribution in [0.1, 0.15) is 10.4 Å². The van der Waals surface area contributed by atoms with Crippen LogP contribution in [0.15, 0.2) is 97.6 Å². The third-order valence-corrected chi connectivity index (χ3v) is 5.92. The van der Waals surface area contributed by atoms with Gasteiger partial charge < -0.3 is 5.32 Å². The van der Waals surface area contributed by atoms with Gasteiger partial charge in [-0.25, -0.2) is 13.9 Å². The van der Waals surface area contributed by atoms with Crippen molar-refractivity contribution in [2.75, 3.05) is 5.32 Å². The number of halogens is 1. The standard InChI is InChI=1S/C28H20FN7O/c1-35-16-23(27(34-35)19-5-7-22(29)8-6-19)24-9-10-26-31-25(17-36(26)33-24)32-28(37)21-4-2-3-20(15-21)18-11-13-30-14-12-18/h2-17H,1H3,(H,32,37). The van der Waals surface area contributed by atoms with Crippen LogP contribution in [0.5, 0.6) is 0 Å². The van der Waals surface area contributed by atoms with Gasteiger partial charge in [0.15, 0.2) is 11.5 Å². The van der Waals surface area contributed by atoms with Crippen molar-refractivity contribution in [3.05, 3.63) is 109 Å². The van der Waals surface area contributed by atoms with Crippen molar-refractivity contribution in [2.45, 2.75) is 0 Å². The van der Waals surface area contributed by atoms with Crippen LogP contribution < -0.4 is 5.32 Å². The molecule has 9 heteroatoms. The third-order valence-electron chi connectivity index (χ3n) is 5.92. The van der Waals surface area contributed by atoms with E-state index in [-0.39, 0.29) is 11.7 Å². The molecule has 4 heterocycles. The van der Waals surface area contributed by atoms with Crippen molar-refractivity contribution in [1.82, 2.24) is 29.4 Å². The Balaban J connectivity index is 1.28. The summed E-state index contributed by atoms with van der Waals surface area (Å²) < 4.78 is 16.7. The Kier molecular flexibility index (Phi) is 5.49. The van der Waals surface area contributed by atoms with Crippen molar-refractivity contribution in [1.29, 1.82) is 0 Å². The predicted octanol–water partition coefficient (Wildman–Crippen LogP) is 5.25. The first kappa shape index (κ1) is 22.3. The minimum Gasteiger partial charge on any atom is -0.305 e. The first-order chi connectivity index (χ1) is 18.0. The Bertz CT molecular complexity index is 1740. The first-order valence-electron chi connectivity index (χ1n) is 11.5. The molecule has 0 aliphatic rings. The highest BCUT2D eigenvalue weighted by atomic mass is 19.1. The molecule has 8 nitrogen and oxygen atoms in total. The number of amides is 1. The summed E-state index contributed by atoms with van der Waals surface area (Å²) in [6.45, 7) is 0. The van der Waals surface area contributed by atoms with E-state index in [0.29, 0.717) is 28.4 Å². The number of fused-ring (bicyclic) bond motifs is 1. The van der Waals surface area contributed by atoms with Gasteiger partial charge in [0.25, 0.3) is 5.91 Å². The zero-order chi connectivity index (χ0) is 25.4. The molecule has 0 aliphatic heterocycles. The molecule has 0 radical (unpaired) electrons. The number of hydrogen-bond donors (Lipinski definition) is 1. The van der Waals surface area contributed by atoms with Gasteiger partial charge in [0.2, 0.25) is 0 Å². The van der Waals surface area contributed by atoms with Crippen molar-refractivity contribution < 1.29 is 9.18 Å². The van der Waals surface area contributed by atoms with Gasteiger partial charge >= 0.3 is 0 Å². The molecule has 0 spiro atoms. The fraction of sp³-hybridized carbons (Fsp3) is 0.0357. The van der Waals surface area contributed by atoms with Crippen LogP contribution in [0.3, 0.4) is 0 Å². The van der Waals surface area contributed by atoms with Gasteiger partial charge in [0, 0.05) is 42.3 Å². The predicted molar refractivity (Wildman–Crippen MR) is 138 cm³/mol. The van der Waals surface area contributed by atoms with Gasteiger partial charge in [0.05, 0.1) is 11.9 Å². The van der Waals surface area contributed by atoms with Crippen LogP contribution in [-0.4, -0.2) is 35.3 Å². The zero-order valence-corrected chi connectivity index (χ0v) is 19.7. The van der Waals surface area contributed by atoms with Crippen LogP contribution in [0.4, 0.5) is 10.2 Å². The second-order valence-corrected chi connectivity index (χ2v) is 8.49. The number of rotatable bonds is 5. The number of aryl methyl sites for hydroxylation is 1. The summed E-state index contributed by atoms with van der Waals surface area (Å²) >= 11 is 0. The normalized spacial score (nSPS) is 11.1. The number of hydrogen-bond acceptors (Lipinski definition) is 5. The number of benzene rings is 2. The number of carbonyl (C=O) groups excluding carboxylic acids is 1. The van der Waals surface area contributed by atoms with Crippen LogP contribution >= 0.6 is 0 Å². The molecular weight excluding hydrogens is 469 g/mol. The molecule has 0 saturated carbocycles. The van der Waals surface area contributed by atoms with Gasteiger partial charge in [-0.1, -0.05) is 12.1 Å². The minimum absolute atomic E-state index is 0.273. The van der Waals surface area contributed by atoms with E-state index in [1.165, 1.54) is 12.1 Å². The Hall–Kier alpha value is -5.18. The highest BCUT2D eigenvalue weighted by Crippen LogP contribution is 2.30. The number of aromatic nitrogens is 6. The van der Waals surface area contributed by atoms with Crippen molar-refractivity contribution in [3.63, 3.8) is 0 Å². The van der Waals surface area contributed by atoms with E-state index in [4.69, 9.17) is 0 Å². The number of nitrogens with one attached hydrogen (secondary N) is 1. The quantitative estimate of drug-likeness (QED) is 0.357. The van der Waals surface area contributed by atoms with Crippen molar-refractivity contribution >= 4 is 17.4 Å². The average molecular weight is 490 g/mol. The summed E-state index contributed by atoms with van der Waals surface area (Å²) in [7, 11) is 1.82. The summed E-state index contributed by atoms with van der Waals surface area (Å²) in [4.78, 5) is 21.5. The summed E-state index contributed by atoms with van der Waals surface area (Å²) in [5, 5.41) is 12.1. The van der Waals surface area contributed by atoms with E-state index in [9.17, 15) is 9.18 Å². The Morgan fingerprint density at radius 1 is 0.865 bits per heavy atom. The average Bonchev–Trinajstić information content (AvgIpc) is 3.52. The smallest absolute Gasteiger partial charge is 0.256 e. The van der Waals surface area contributed by atoms with Gasteiger partial charge in [0.1, 0.15) is 11.5 Å². The molecule has 6 rings (SSSR count). The third kappa shape index (κ3) is 4.45. The number of pyridine rings is 1. The van der Waals surface area contributed by atoms with E-state index >= 15 is 0 Å². The zero-order valence-electron chi connectivity index (χ0n) is 19.7. The topological polar surface area (TPSA) is 90.0 Å². The molecule has 1 amide bonds. The van der Waals surface area contributed by atoms with Crippen LogP contribution in [0.25, 0.3) is 39.3 Å². The van der Waals surface area contributed by atoms with E-state index in [1.54, 1.807) is 46.0 Å². The Labute approximate surface area is 211 Å². The Morgan fingerprint density at radius 2 is 1.68 bits per heavy atom. The van der Waals surface area contributed by atoms with Crippen LogP contribution in [-0.2, 0) is 7.05 Å². The molecule has 0 aliphatic carbocycles. The van der Waals surface area contributed by atoms with E-state index in [2.05, 4.69) is 25.5 Å². The highest BCUT2D eigenvalue weighted by Gasteiger charge is 2.16. The van der Waals surface area contributed by atoms with Crippen molar-refractivity contribution in [2.24, 2.45) is 7.05 Å². The number of carbonyl (C=O) groups is 1. The number of imidazole rings is 1. The molecule has 0 fully saturated rings. The van der Waals surface area contributed by atoms with Crippen molar-refractivity contribution in [3.8, 4) is 33.6 Å². The van der Waals surface area contributed by atoms with Crippen LogP contribution in [0, 0.1) is 5.82 Å². The molecule has 0 atom stereocenters. The van der Waals surface area contributed by atoms with Crippen LogP contribution in [0.2, 0.25) is 0 Å². The molecule has 0 bridgehead atoms. The van der Waals surface area contributed by atoms with E-state index in [0.717, 1.165) is 22.3 Å². The maximum Gasteiger partial charge on any atom is 0.256 e. The molecule has 2 aromatic carbocycles.